The highest BCUT2D eigenvalue weighted by Gasteiger charge is 2.10. The Hall–Kier alpha value is -5.04. The van der Waals surface area contributed by atoms with Crippen LogP contribution < -0.4 is 29.7 Å². The molecule has 0 aliphatic carbocycles. The predicted molar refractivity (Wildman–Crippen MR) is 137 cm³/mol. The van der Waals surface area contributed by atoms with Crippen LogP contribution in [0.4, 0.5) is 5.69 Å². The van der Waals surface area contributed by atoms with Crippen molar-refractivity contribution in [1.82, 2.24) is 5.43 Å². The Labute approximate surface area is 214 Å². The van der Waals surface area contributed by atoms with Gasteiger partial charge in [-0.05, 0) is 55.0 Å². The van der Waals surface area contributed by atoms with Crippen LogP contribution in [-0.2, 0) is 9.59 Å². The van der Waals surface area contributed by atoms with Gasteiger partial charge in [-0.2, -0.15) is 10.4 Å². The number of hydrazone groups is 1. The fourth-order valence-electron chi connectivity index (χ4n) is 3.07. The Morgan fingerprint density at radius 3 is 2.30 bits per heavy atom. The summed E-state index contributed by atoms with van der Waals surface area (Å²) in [7, 11) is 1.48. The molecule has 0 bridgehead atoms. The zero-order chi connectivity index (χ0) is 26.5. The summed E-state index contributed by atoms with van der Waals surface area (Å²) in [5.41, 5.74) is 4.11. The van der Waals surface area contributed by atoms with Gasteiger partial charge in [0.05, 0.1) is 31.6 Å². The minimum Gasteiger partial charge on any atom is -0.493 e. The monoisotopic (exact) mass is 502 g/mol. The van der Waals surface area contributed by atoms with Gasteiger partial charge in [-0.3, -0.25) is 9.59 Å². The van der Waals surface area contributed by atoms with E-state index < -0.39 is 5.91 Å². The Morgan fingerprint density at radius 2 is 1.59 bits per heavy atom. The molecular weight excluding hydrogens is 476 g/mol. The molecule has 0 saturated heterocycles. The van der Waals surface area contributed by atoms with Crippen LogP contribution in [0.2, 0.25) is 0 Å². The molecule has 0 saturated carbocycles. The number of nitriles is 1. The number of carbonyl (C=O) groups excluding carboxylic acids is 2. The van der Waals surface area contributed by atoms with E-state index in [2.05, 4.69) is 15.8 Å². The SMILES string of the molecule is CCOc1cc(C#N)ccc1OCC(=O)N/N=C/c1ccc(OCC(=O)Nc2ccccc2)c(OC)c1. The molecule has 3 aromatic rings. The number of nitrogens with zero attached hydrogens (tertiary/aromatic N) is 2. The van der Waals surface area contributed by atoms with Crippen molar-refractivity contribution in [2.24, 2.45) is 5.10 Å². The summed E-state index contributed by atoms with van der Waals surface area (Å²) in [6.45, 7) is 1.69. The summed E-state index contributed by atoms with van der Waals surface area (Å²) >= 11 is 0. The second-order valence-electron chi connectivity index (χ2n) is 7.40. The molecule has 0 aliphatic rings. The van der Waals surface area contributed by atoms with Gasteiger partial charge >= 0.3 is 0 Å². The van der Waals surface area contributed by atoms with Gasteiger partial charge in [0.25, 0.3) is 11.8 Å². The molecule has 3 aromatic carbocycles. The van der Waals surface area contributed by atoms with E-state index in [0.717, 1.165) is 0 Å². The average Bonchev–Trinajstić information content (AvgIpc) is 2.92. The number of benzene rings is 3. The number of hydrogen-bond donors (Lipinski definition) is 2. The first-order valence-corrected chi connectivity index (χ1v) is 11.3. The zero-order valence-electron chi connectivity index (χ0n) is 20.4. The van der Waals surface area contributed by atoms with Crippen LogP contribution in [0.25, 0.3) is 0 Å². The van der Waals surface area contributed by atoms with Crippen LogP contribution >= 0.6 is 0 Å². The largest absolute Gasteiger partial charge is 0.493 e. The van der Waals surface area contributed by atoms with Crippen LogP contribution in [0.15, 0.2) is 71.8 Å². The fraction of sp³-hybridized carbons (Fsp3) is 0.185. The maximum Gasteiger partial charge on any atom is 0.277 e. The van der Waals surface area contributed by atoms with E-state index in [4.69, 9.17) is 24.2 Å². The molecule has 0 radical (unpaired) electrons. The first-order chi connectivity index (χ1) is 18.0. The third-order valence-corrected chi connectivity index (χ3v) is 4.74. The lowest BCUT2D eigenvalue weighted by Crippen LogP contribution is -2.24. The van der Waals surface area contributed by atoms with Gasteiger partial charge in [-0.25, -0.2) is 5.43 Å². The maximum atomic E-state index is 12.1. The summed E-state index contributed by atoms with van der Waals surface area (Å²) in [5.74, 6) is 0.711. The van der Waals surface area contributed by atoms with Crippen molar-refractivity contribution in [3.05, 3.63) is 77.9 Å². The van der Waals surface area contributed by atoms with Crippen LogP contribution in [-0.4, -0.2) is 45.0 Å². The number of carbonyl (C=O) groups is 2. The molecule has 0 heterocycles. The fourth-order valence-corrected chi connectivity index (χ4v) is 3.07. The highest BCUT2D eigenvalue weighted by molar-refractivity contribution is 5.92. The highest BCUT2D eigenvalue weighted by Crippen LogP contribution is 2.29. The Balaban J connectivity index is 1.50. The van der Waals surface area contributed by atoms with Gasteiger partial charge in [-0.1, -0.05) is 18.2 Å². The molecule has 2 N–H and O–H groups in total. The normalized spacial score (nSPS) is 10.3. The lowest BCUT2D eigenvalue weighted by Gasteiger charge is -2.12. The van der Waals surface area contributed by atoms with E-state index in [1.807, 2.05) is 24.3 Å². The predicted octanol–water partition coefficient (Wildman–Crippen LogP) is 3.51. The first-order valence-electron chi connectivity index (χ1n) is 11.3. The molecule has 2 amide bonds. The third kappa shape index (κ3) is 8.29. The van der Waals surface area contributed by atoms with Crippen molar-refractivity contribution in [1.29, 1.82) is 5.26 Å². The molecule has 37 heavy (non-hydrogen) atoms. The lowest BCUT2D eigenvalue weighted by molar-refractivity contribution is -0.123. The van der Waals surface area contributed by atoms with Gasteiger partial charge in [0.15, 0.2) is 36.2 Å². The van der Waals surface area contributed by atoms with Gasteiger partial charge < -0.3 is 24.3 Å². The summed E-state index contributed by atoms with van der Waals surface area (Å²) < 4.78 is 21.9. The van der Waals surface area contributed by atoms with E-state index in [0.29, 0.717) is 46.4 Å². The summed E-state index contributed by atoms with van der Waals surface area (Å²) in [6.07, 6.45) is 1.43. The molecular formula is C27H26N4O6. The van der Waals surface area contributed by atoms with Crippen molar-refractivity contribution in [2.75, 3.05) is 32.2 Å². The van der Waals surface area contributed by atoms with Crippen molar-refractivity contribution in [3.8, 4) is 29.1 Å². The zero-order valence-corrected chi connectivity index (χ0v) is 20.4. The second kappa shape index (κ2) is 13.7. The van der Waals surface area contributed by atoms with E-state index >= 15 is 0 Å². The number of rotatable bonds is 12. The number of para-hydroxylation sites is 1. The Kier molecular flexibility index (Phi) is 9.87. The topological polar surface area (TPSA) is 131 Å². The highest BCUT2D eigenvalue weighted by atomic mass is 16.5. The molecule has 0 fully saturated rings. The third-order valence-electron chi connectivity index (χ3n) is 4.74. The van der Waals surface area contributed by atoms with Crippen molar-refractivity contribution in [2.45, 2.75) is 6.92 Å². The Bertz CT molecular complexity index is 1290. The molecule has 3 rings (SSSR count). The van der Waals surface area contributed by atoms with Crippen molar-refractivity contribution in [3.63, 3.8) is 0 Å². The van der Waals surface area contributed by atoms with Gasteiger partial charge in [0.2, 0.25) is 0 Å². The number of hydrogen-bond acceptors (Lipinski definition) is 8. The summed E-state index contributed by atoms with van der Waals surface area (Å²) in [4.78, 5) is 24.2. The molecule has 10 nitrogen and oxygen atoms in total. The van der Waals surface area contributed by atoms with Crippen LogP contribution in [0, 0.1) is 11.3 Å². The number of nitrogens with one attached hydrogen (secondary N) is 2. The minimum absolute atomic E-state index is 0.195. The smallest absolute Gasteiger partial charge is 0.277 e. The molecule has 0 unspecified atom stereocenters. The van der Waals surface area contributed by atoms with Crippen LogP contribution in [0.3, 0.4) is 0 Å². The van der Waals surface area contributed by atoms with Gasteiger partial charge in [0.1, 0.15) is 0 Å². The number of anilines is 1. The second-order valence-corrected chi connectivity index (χ2v) is 7.40. The van der Waals surface area contributed by atoms with Crippen molar-refractivity contribution >= 4 is 23.7 Å². The molecule has 0 spiro atoms. The Morgan fingerprint density at radius 1 is 0.892 bits per heavy atom. The number of methoxy groups -OCH3 is 1. The average molecular weight is 503 g/mol. The van der Waals surface area contributed by atoms with E-state index in [1.165, 1.54) is 13.3 Å². The van der Waals surface area contributed by atoms with E-state index in [1.54, 1.807) is 55.5 Å². The van der Waals surface area contributed by atoms with Gasteiger partial charge in [0, 0.05) is 11.8 Å². The van der Waals surface area contributed by atoms with Crippen LogP contribution in [0.1, 0.15) is 18.1 Å². The van der Waals surface area contributed by atoms with E-state index in [9.17, 15) is 9.59 Å². The van der Waals surface area contributed by atoms with E-state index in [-0.39, 0.29) is 19.1 Å². The number of ether oxygens (including phenoxy) is 4. The molecule has 0 aromatic heterocycles. The molecule has 10 heteroatoms. The standard InChI is InChI=1S/C27H26N4O6/c1-3-35-25-13-19(15-28)9-11-23(25)37-18-27(33)31-29-16-20-10-12-22(24(14-20)34-2)36-17-26(32)30-21-7-5-4-6-8-21/h4-14,16H,3,17-18H2,1-2H3,(H,30,32)(H,31,33)/b29-16+. The molecule has 190 valence electrons. The van der Waals surface area contributed by atoms with Crippen molar-refractivity contribution < 1.29 is 28.5 Å². The van der Waals surface area contributed by atoms with Crippen LogP contribution in [0.5, 0.6) is 23.0 Å². The summed E-state index contributed by atoms with van der Waals surface area (Å²) in [5, 5.41) is 15.7. The van der Waals surface area contributed by atoms with Gasteiger partial charge in [-0.15, -0.1) is 0 Å². The number of amides is 2. The maximum absolute atomic E-state index is 12.1. The minimum atomic E-state index is -0.487. The molecule has 0 atom stereocenters. The summed E-state index contributed by atoms with van der Waals surface area (Å²) in [6, 6.07) is 20.8. The first kappa shape index (κ1) is 26.6. The lowest BCUT2D eigenvalue weighted by atomic mass is 10.2. The quantitative estimate of drug-likeness (QED) is 0.286. The molecule has 0 aliphatic heterocycles.